The van der Waals surface area contributed by atoms with Gasteiger partial charge in [-0.05, 0) is 31.5 Å². The SMILES string of the molecule is Cc1cc(CNCc2csc(C)n2)c2ccccc2n1. The van der Waals surface area contributed by atoms with Crippen molar-refractivity contribution < 1.29 is 0 Å². The van der Waals surface area contributed by atoms with E-state index in [1.54, 1.807) is 11.3 Å². The molecule has 3 nitrogen and oxygen atoms in total. The monoisotopic (exact) mass is 283 g/mol. The molecule has 3 rings (SSSR count). The minimum absolute atomic E-state index is 0.806. The average molecular weight is 283 g/mol. The molecule has 1 aromatic carbocycles. The third-order valence-corrected chi connectivity index (χ3v) is 4.04. The Morgan fingerprint density at radius 2 is 1.95 bits per heavy atom. The molecule has 20 heavy (non-hydrogen) atoms. The van der Waals surface area contributed by atoms with Crippen LogP contribution in [-0.4, -0.2) is 9.97 Å². The second-order valence-electron chi connectivity index (χ2n) is 4.90. The third-order valence-electron chi connectivity index (χ3n) is 3.22. The first-order valence-corrected chi connectivity index (χ1v) is 7.57. The largest absolute Gasteiger partial charge is 0.307 e. The Labute approximate surface area is 122 Å². The maximum atomic E-state index is 4.57. The van der Waals surface area contributed by atoms with Crippen LogP contribution in [0.25, 0.3) is 10.9 Å². The number of benzene rings is 1. The van der Waals surface area contributed by atoms with Crippen LogP contribution in [0, 0.1) is 13.8 Å². The number of hydrogen-bond donors (Lipinski definition) is 1. The van der Waals surface area contributed by atoms with Crippen molar-refractivity contribution >= 4 is 22.2 Å². The Bertz CT molecular complexity index is 733. The number of rotatable bonds is 4. The van der Waals surface area contributed by atoms with Crippen molar-refractivity contribution in [3.8, 4) is 0 Å². The van der Waals surface area contributed by atoms with Crippen LogP contribution >= 0.6 is 11.3 Å². The molecule has 4 heteroatoms. The standard InChI is InChI=1S/C16H17N3S/c1-11-7-13(15-5-3-4-6-16(15)18-11)8-17-9-14-10-20-12(2)19-14/h3-7,10,17H,8-9H2,1-2H3. The van der Waals surface area contributed by atoms with Gasteiger partial charge in [-0.1, -0.05) is 18.2 Å². The van der Waals surface area contributed by atoms with Crippen molar-refractivity contribution in [3.63, 3.8) is 0 Å². The highest BCUT2D eigenvalue weighted by atomic mass is 32.1. The molecule has 0 bridgehead atoms. The molecule has 0 unspecified atom stereocenters. The molecule has 0 aliphatic heterocycles. The highest BCUT2D eigenvalue weighted by Gasteiger charge is 2.04. The van der Waals surface area contributed by atoms with Gasteiger partial charge in [-0.2, -0.15) is 0 Å². The minimum Gasteiger partial charge on any atom is -0.307 e. The summed E-state index contributed by atoms with van der Waals surface area (Å²) in [7, 11) is 0. The van der Waals surface area contributed by atoms with Crippen LogP contribution in [0.5, 0.6) is 0 Å². The Kier molecular flexibility index (Phi) is 3.76. The summed E-state index contributed by atoms with van der Waals surface area (Å²) in [6.45, 7) is 5.72. The van der Waals surface area contributed by atoms with Crippen LogP contribution in [0.15, 0.2) is 35.7 Å². The van der Waals surface area contributed by atoms with E-state index in [0.717, 1.165) is 35.0 Å². The smallest absolute Gasteiger partial charge is 0.0897 e. The van der Waals surface area contributed by atoms with Gasteiger partial charge >= 0.3 is 0 Å². The van der Waals surface area contributed by atoms with Gasteiger partial charge in [0.25, 0.3) is 0 Å². The summed E-state index contributed by atoms with van der Waals surface area (Å²) in [5.41, 5.74) is 4.53. The van der Waals surface area contributed by atoms with E-state index >= 15 is 0 Å². The fourth-order valence-corrected chi connectivity index (χ4v) is 2.97. The van der Waals surface area contributed by atoms with Crippen molar-refractivity contribution in [2.24, 2.45) is 0 Å². The molecule has 0 saturated carbocycles. The number of thiazole rings is 1. The van der Waals surface area contributed by atoms with Crippen molar-refractivity contribution in [3.05, 3.63) is 57.7 Å². The molecule has 0 fully saturated rings. The Balaban J connectivity index is 1.77. The van der Waals surface area contributed by atoms with E-state index in [4.69, 9.17) is 0 Å². The van der Waals surface area contributed by atoms with Crippen LogP contribution in [0.2, 0.25) is 0 Å². The fraction of sp³-hybridized carbons (Fsp3) is 0.250. The van der Waals surface area contributed by atoms with E-state index in [9.17, 15) is 0 Å². The number of fused-ring (bicyclic) bond motifs is 1. The van der Waals surface area contributed by atoms with Crippen molar-refractivity contribution in [1.29, 1.82) is 0 Å². The van der Waals surface area contributed by atoms with Gasteiger partial charge in [-0.25, -0.2) is 4.98 Å². The lowest BCUT2D eigenvalue weighted by molar-refractivity contribution is 0.684. The van der Waals surface area contributed by atoms with Crippen LogP contribution in [0.3, 0.4) is 0 Å². The lowest BCUT2D eigenvalue weighted by atomic mass is 10.1. The Hall–Kier alpha value is -1.78. The fourth-order valence-electron chi connectivity index (χ4n) is 2.36. The lowest BCUT2D eigenvalue weighted by Gasteiger charge is -2.08. The summed E-state index contributed by atoms with van der Waals surface area (Å²) < 4.78 is 0. The number of nitrogens with zero attached hydrogens (tertiary/aromatic N) is 2. The van der Waals surface area contributed by atoms with Crippen LogP contribution in [0.1, 0.15) is 22.0 Å². The van der Waals surface area contributed by atoms with Crippen molar-refractivity contribution in [1.82, 2.24) is 15.3 Å². The van der Waals surface area contributed by atoms with Gasteiger partial charge in [0.05, 0.1) is 16.2 Å². The van der Waals surface area contributed by atoms with Crippen LogP contribution < -0.4 is 5.32 Å². The lowest BCUT2D eigenvalue weighted by Crippen LogP contribution is -2.13. The van der Waals surface area contributed by atoms with E-state index < -0.39 is 0 Å². The number of pyridine rings is 1. The molecule has 0 radical (unpaired) electrons. The van der Waals surface area contributed by atoms with Gasteiger partial charge in [0.15, 0.2) is 0 Å². The zero-order valence-corrected chi connectivity index (χ0v) is 12.5. The first kappa shape index (κ1) is 13.2. The molecule has 0 aliphatic rings. The van der Waals surface area contributed by atoms with Gasteiger partial charge in [0.2, 0.25) is 0 Å². The second kappa shape index (κ2) is 5.69. The van der Waals surface area contributed by atoms with E-state index in [1.807, 2.05) is 19.9 Å². The zero-order chi connectivity index (χ0) is 13.9. The number of aromatic nitrogens is 2. The molecular weight excluding hydrogens is 266 g/mol. The van der Waals surface area contributed by atoms with E-state index in [1.165, 1.54) is 10.9 Å². The number of nitrogens with one attached hydrogen (secondary N) is 1. The summed E-state index contributed by atoms with van der Waals surface area (Å²) in [4.78, 5) is 9.03. The highest BCUT2D eigenvalue weighted by molar-refractivity contribution is 7.09. The molecular formula is C16H17N3S. The quantitative estimate of drug-likeness (QED) is 0.795. The summed E-state index contributed by atoms with van der Waals surface area (Å²) in [6, 6.07) is 10.4. The molecule has 102 valence electrons. The molecule has 2 aromatic heterocycles. The maximum Gasteiger partial charge on any atom is 0.0897 e. The average Bonchev–Trinajstić information content (AvgIpc) is 2.84. The Morgan fingerprint density at radius 1 is 1.10 bits per heavy atom. The number of aryl methyl sites for hydroxylation is 2. The molecule has 2 heterocycles. The van der Waals surface area contributed by atoms with E-state index in [0.29, 0.717) is 0 Å². The number of hydrogen-bond acceptors (Lipinski definition) is 4. The van der Waals surface area contributed by atoms with Crippen LogP contribution in [-0.2, 0) is 13.1 Å². The first-order chi connectivity index (χ1) is 9.72. The molecule has 3 aromatic rings. The predicted molar refractivity (Wildman–Crippen MR) is 83.9 cm³/mol. The second-order valence-corrected chi connectivity index (χ2v) is 5.96. The van der Waals surface area contributed by atoms with E-state index in [2.05, 4.69) is 44.9 Å². The normalized spacial score (nSPS) is 11.1. The molecule has 0 saturated heterocycles. The van der Waals surface area contributed by atoms with Gasteiger partial charge in [0.1, 0.15) is 0 Å². The molecule has 0 atom stereocenters. The van der Waals surface area contributed by atoms with Crippen molar-refractivity contribution in [2.45, 2.75) is 26.9 Å². The molecule has 0 amide bonds. The maximum absolute atomic E-state index is 4.57. The summed E-state index contributed by atoms with van der Waals surface area (Å²) >= 11 is 1.69. The van der Waals surface area contributed by atoms with E-state index in [-0.39, 0.29) is 0 Å². The minimum atomic E-state index is 0.806. The van der Waals surface area contributed by atoms with Crippen LogP contribution in [0.4, 0.5) is 0 Å². The summed E-state index contributed by atoms with van der Waals surface area (Å²) in [5, 5.41) is 7.92. The third kappa shape index (κ3) is 2.86. The predicted octanol–water partition coefficient (Wildman–Crippen LogP) is 3.60. The van der Waals surface area contributed by atoms with Gasteiger partial charge in [-0.15, -0.1) is 11.3 Å². The number of para-hydroxylation sites is 1. The summed E-state index contributed by atoms with van der Waals surface area (Å²) in [5.74, 6) is 0. The first-order valence-electron chi connectivity index (χ1n) is 6.69. The molecule has 0 aliphatic carbocycles. The van der Waals surface area contributed by atoms with Gasteiger partial charge in [-0.3, -0.25) is 4.98 Å². The summed E-state index contributed by atoms with van der Waals surface area (Å²) in [6.07, 6.45) is 0. The topological polar surface area (TPSA) is 37.8 Å². The van der Waals surface area contributed by atoms with Gasteiger partial charge in [0, 0.05) is 29.5 Å². The van der Waals surface area contributed by atoms with Crippen molar-refractivity contribution in [2.75, 3.05) is 0 Å². The molecule has 0 spiro atoms. The van der Waals surface area contributed by atoms with Gasteiger partial charge < -0.3 is 5.32 Å². The molecule has 1 N–H and O–H groups in total. The Morgan fingerprint density at radius 3 is 2.75 bits per heavy atom. The zero-order valence-electron chi connectivity index (χ0n) is 11.7. The highest BCUT2D eigenvalue weighted by Crippen LogP contribution is 2.18.